The molecule has 1 fully saturated rings. The zero-order valence-corrected chi connectivity index (χ0v) is 16.7. The second-order valence-electron chi connectivity index (χ2n) is 6.25. The van der Waals surface area contributed by atoms with Gasteiger partial charge in [0, 0.05) is 39.3 Å². The number of ether oxygens (including phenoxy) is 1. The first kappa shape index (κ1) is 18.7. The monoisotopic (exact) mass is 421 g/mol. The van der Waals surface area contributed by atoms with Crippen LogP contribution < -0.4 is 20.5 Å². The summed E-state index contributed by atoms with van der Waals surface area (Å²) in [6.45, 7) is 7.47. The highest BCUT2D eigenvalue weighted by molar-refractivity contribution is 9.10. The van der Waals surface area contributed by atoms with Crippen LogP contribution in [0, 0.1) is 6.92 Å². The Morgan fingerprint density at radius 1 is 1.27 bits per heavy atom. The van der Waals surface area contributed by atoms with Crippen LogP contribution in [-0.2, 0) is 0 Å². The summed E-state index contributed by atoms with van der Waals surface area (Å²) >= 11 is 3.33. The van der Waals surface area contributed by atoms with Crippen molar-refractivity contribution in [3.63, 3.8) is 0 Å². The van der Waals surface area contributed by atoms with E-state index in [1.54, 1.807) is 7.11 Å². The first-order chi connectivity index (χ1) is 12.6. The highest BCUT2D eigenvalue weighted by Gasteiger charge is 2.19. The van der Waals surface area contributed by atoms with E-state index in [-0.39, 0.29) is 5.56 Å². The van der Waals surface area contributed by atoms with E-state index in [0.717, 1.165) is 62.1 Å². The standard InChI is InChI=1S/C18H24BrN5O2/c1-13-17(16(19)18(25)22-21-13)20-7-8-23-9-11-24(12-10-23)14-5-3-4-6-15(14)26-2/h3-6H,7-12H2,1-2H3,(H2,20,22,25). The van der Waals surface area contributed by atoms with Crippen molar-refractivity contribution < 1.29 is 4.74 Å². The lowest BCUT2D eigenvalue weighted by molar-refractivity contribution is 0.266. The summed E-state index contributed by atoms with van der Waals surface area (Å²) in [7, 11) is 1.71. The quantitative estimate of drug-likeness (QED) is 0.743. The molecule has 26 heavy (non-hydrogen) atoms. The maximum Gasteiger partial charge on any atom is 0.280 e. The van der Waals surface area contributed by atoms with Gasteiger partial charge in [0.05, 0.1) is 24.2 Å². The number of benzene rings is 1. The fourth-order valence-electron chi connectivity index (χ4n) is 3.16. The Morgan fingerprint density at radius 2 is 2.00 bits per heavy atom. The molecule has 0 amide bonds. The zero-order valence-electron chi connectivity index (χ0n) is 15.1. The molecular formula is C18H24BrN5O2. The molecule has 2 N–H and O–H groups in total. The van der Waals surface area contributed by atoms with E-state index in [9.17, 15) is 4.79 Å². The van der Waals surface area contributed by atoms with E-state index in [1.165, 1.54) is 0 Å². The number of anilines is 2. The van der Waals surface area contributed by atoms with E-state index in [4.69, 9.17) is 4.74 Å². The predicted molar refractivity (Wildman–Crippen MR) is 107 cm³/mol. The molecule has 3 rings (SSSR count). The summed E-state index contributed by atoms with van der Waals surface area (Å²) in [6.07, 6.45) is 0. The fraction of sp³-hybridized carbons (Fsp3) is 0.444. The van der Waals surface area contributed by atoms with E-state index >= 15 is 0 Å². The molecule has 0 atom stereocenters. The summed E-state index contributed by atoms with van der Waals surface area (Å²) in [5.74, 6) is 0.921. The minimum Gasteiger partial charge on any atom is -0.495 e. The molecule has 1 saturated heterocycles. The van der Waals surface area contributed by atoms with Crippen LogP contribution in [0.3, 0.4) is 0 Å². The smallest absolute Gasteiger partial charge is 0.280 e. The number of aromatic amines is 1. The van der Waals surface area contributed by atoms with E-state index in [1.807, 2.05) is 25.1 Å². The van der Waals surface area contributed by atoms with Crippen molar-refractivity contribution in [1.82, 2.24) is 15.1 Å². The van der Waals surface area contributed by atoms with Crippen LogP contribution in [0.15, 0.2) is 33.5 Å². The van der Waals surface area contributed by atoms with Crippen molar-refractivity contribution in [2.75, 3.05) is 56.6 Å². The number of hydrogen-bond donors (Lipinski definition) is 2. The summed E-state index contributed by atoms with van der Waals surface area (Å²) in [6, 6.07) is 8.15. The number of halogens is 1. The summed E-state index contributed by atoms with van der Waals surface area (Å²) in [5, 5.41) is 9.79. The Morgan fingerprint density at radius 3 is 2.73 bits per heavy atom. The molecule has 1 aromatic heterocycles. The second kappa shape index (κ2) is 8.55. The van der Waals surface area contributed by atoms with Crippen molar-refractivity contribution in [3.8, 4) is 5.75 Å². The molecule has 0 spiro atoms. The number of aryl methyl sites for hydroxylation is 1. The van der Waals surface area contributed by atoms with Gasteiger partial charge in [-0.25, -0.2) is 5.10 Å². The average molecular weight is 422 g/mol. The molecule has 0 unspecified atom stereocenters. The SMILES string of the molecule is COc1ccccc1N1CCN(CCNc2c(C)n[nH]c(=O)c2Br)CC1. The number of H-pyrrole nitrogens is 1. The minimum atomic E-state index is -0.219. The molecule has 2 heterocycles. The highest BCUT2D eigenvalue weighted by atomic mass is 79.9. The van der Waals surface area contributed by atoms with Crippen molar-refractivity contribution >= 4 is 27.3 Å². The molecule has 1 aromatic carbocycles. The van der Waals surface area contributed by atoms with E-state index in [0.29, 0.717) is 4.47 Å². The van der Waals surface area contributed by atoms with Gasteiger partial charge in [-0.15, -0.1) is 0 Å². The molecule has 1 aliphatic heterocycles. The van der Waals surface area contributed by atoms with Crippen LogP contribution in [0.25, 0.3) is 0 Å². The number of methoxy groups -OCH3 is 1. The van der Waals surface area contributed by atoms with Gasteiger partial charge in [-0.05, 0) is 35.0 Å². The van der Waals surface area contributed by atoms with Gasteiger partial charge in [-0.1, -0.05) is 12.1 Å². The normalized spacial score (nSPS) is 15.1. The number of nitrogens with one attached hydrogen (secondary N) is 2. The molecule has 0 aliphatic carbocycles. The predicted octanol–water partition coefficient (Wildman–Crippen LogP) is 2.08. The number of hydrogen-bond acceptors (Lipinski definition) is 6. The van der Waals surface area contributed by atoms with Crippen LogP contribution in [0.5, 0.6) is 5.75 Å². The summed E-state index contributed by atoms with van der Waals surface area (Å²) in [5.41, 5.74) is 2.48. The Hall–Kier alpha value is -2.06. The lowest BCUT2D eigenvalue weighted by Gasteiger charge is -2.36. The van der Waals surface area contributed by atoms with Crippen LogP contribution in [-0.4, -0.2) is 61.5 Å². The highest BCUT2D eigenvalue weighted by Crippen LogP contribution is 2.28. The number of aromatic nitrogens is 2. The maximum atomic E-state index is 11.6. The van der Waals surface area contributed by atoms with E-state index in [2.05, 4.69) is 47.3 Å². The third kappa shape index (κ3) is 4.19. The topological polar surface area (TPSA) is 73.5 Å². The van der Waals surface area contributed by atoms with Gasteiger partial charge in [-0.2, -0.15) is 5.10 Å². The summed E-state index contributed by atoms with van der Waals surface area (Å²) < 4.78 is 5.97. The Bertz CT molecular complexity index is 802. The number of rotatable bonds is 6. The third-order valence-electron chi connectivity index (χ3n) is 4.63. The van der Waals surface area contributed by atoms with Gasteiger partial charge in [0.1, 0.15) is 10.2 Å². The van der Waals surface area contributed by atoms with Gasteiger partial charge in [0.2, 0.25) is 0 Å². The second-order valence-corrected chi connectivity index (χ2v) is 7.05. The number of piperazine rings is 1. The van der Waals surface area contributed by atoms with Gasteiger partial charge < -0.3 is 15.0 Å². The van der Waals surface area contributed by atoms with Gasteiger partial charge in [0.15, 0.2) is 0 Å². The molecule has 8 heteroatoms. The lowest BCUT2D eigenvalue weighted by Crippen LogP contribution is -2.47. The van der Waals surface area contributed by atoms with Crippen LogP contribution in [0.2, 0.25) is 0 Å². The van der Waals surface area contributed by atoms with Crippen LogP contribution in [0.4, 0.5) is 11.4 Å². The van der Waals surface area contributed by atoms with Gasteiger partial charge in [-0.3, -0.25) is 9.69 Å². The van der Waals surface area contributed by atoms with Crippen LogP contribution in [0.1, 0.15) is 5.69 Å². The maximum absolute atomic E-state index is 11.6. The van der Waals surface area contributed by atoms with Crippen molar-refractivity contribution in [3.05, 3.63) is 44.8 Å². The van der Waals surface area contributed by atoms with Crippen LogP contribution >= 0.6 is 15.9 Å². The van der Waals surface area contributed by atoms with Gasteiger partial charge >= 0.3 is 0 Å². The third-order valence-corrected chi connectivity index (χ3v) is 5.39. The van der Waals surface area contributed by atoms with Crippen molar-refractivity contribution in [2.45, 2.75) is 6.92 Å². The van der Waals surface area contributed by atoms with Crippen molar-refractivity contribution in [2.24, 2.45) is 0 Å². The average Bonchev–Trinajstić information content (AvgIpc) is 2.68. The Labute approximate surface area is 161 Å². The molecule has 0 saturated carbocycles. The molecule has 0 radical (unpaired) electrons. The Kier molecular flexibility index (Phi) is 6.16. The largest absolute Gasteiger partial charge is 0.495 e. The molecular weight excluding hydrogens is 398 g/mol. The number of nitrogens with zero attached hydrogens (tertiary/aromatic N) is 3. The van der Waals surface area contributed by atoms with Crippen molar-refractivity contribution in [1.29, 1.82) is 0 Å². The lowest BCUT2D eigenvalue weighted by atomic mass is 10.2. The zero-order chi connectivity index (χ0) is 18.5. The molecule has 140 valence electrons. The molecule has 2 aromatic rings. The summed E-state index contributed by atoms with van der Waals surface area (Å²) in [4.78, 5) is 16.4. The molecule has 1 aliphatic rings. The molecule has 0 bridgehead atoms. The molecule has 7 nitrogen and oxygen atoms in total. The minimum absolute atomic E-state index is 0.219. The van der Waals surface area contributed by atoms with Gasteiger partial charge in [0.25, 0.3) is 5.56 Å². The first-order valence-electron chi connectivity index (χ1n) is 8.69. The fourth-order valence-corrected chi connectivity index (χ4v) is 3.68. The number of para-hydroxylation sites is 2. The first-order valence-corrected chi connectivity index (χ1v) is 9.48. The Balaban J connectivity index is 1.51. The van der Waals surface area contributed by atoms with E-state index < -0.39 is 0 Å².